The van der Waals surface area contributed by atoms with Gasteiger partial charge in [0.1, 0.15) is 0 Å². The lowest BCUT2D eigenvalue weighted by Gasteiger charge is -2.23. The molecule has 1 aromatic rings. The lowest BCUT2D eigenvalue weighted by atomic mass is 10.1. The molecule has 0 unspecified atom stereocenters. The molecule has 1 aromatic carbocycles. The van der Waals surface area contributed by atoms with E-state index in [0.717, 1.165) is 13.1 Å². The molecule has 4 nitrogen and oxygen atoms in total. The zero-order valence-corrected chi connectivity index (χ0v) is 11.8. The summed E-state index contributed by atoms with van der Waals surface area (Å²) >= 11 is 0. The minimum absolute atomic E-state index is 0.0242. The van der Waals surface area contributed by atoms with Crippen molar-refractivity contribution in [1.82, 2.24) is 4.90 Å². The molecule has 108 valence electrons. The monoisotopic (exact) mass is 275 g/mol. The van der Waals surface area contributed by atoms with E-state index in [4.69, 9.17) is 4.74 Å². The van der Waals surface area contributed by atoms with Crippen LogP contribution in [0.2, 0.25) is 0 Å². The molecule has 1 N–H and O–H groups in total. The average molecular weight is 275 g/mol. The minimum Gasteiger partial charge on any atom is -0.504 e. The molecule has 0 saturated heterocycles. The molecule has 2 fully saturated rings. The number of benzene rings is 1. The summed E-state index contributed by atoms with van der Waals surface area (Å²) in [5, 5.41) is 9.81. The van der Waals surface area contributed by atoms with E-state index in [1.165, 1.54) is 38.9 Å². The fourth-order valence-corrected chi connectivity index (χ4v) is 2.47. The lowest BCUT2D eigenvalue weighted by Crippen LogP contribution is -2.34. The molecule has 1 amide bonds. The quantitative estimate of drug-likeness (QED) is 0.868. The number of phenolic OH excluding ortho intramolecular Hbond substituents is 1. The first-order valence-corrected chi connectivity index (χ1v) is 7.33. The second-order valence-electron chi connectivity index (χ2n) is 5.98. The molecule has 0 atom stereocenters. The molecule has 4 heteroatoms. The number of phenols is 1. The van der Waals surface area contributed by atoms with Gasteiger partial charge >= 0.3 is 0 Å². The fourth-order valence-electron chi connectivity index (χ4n) is 2.47. The highest BCUT2D eigenvalue weighted by atomic mass is 16.5. The molecule has 3 rings (SSSR count). The van der Waals surface area contributed by atoms with Gasteiger partial charge < -0.3 is 14.7 Å². The van der Waals surface area contributed by atoms with E-state index in [1.54, 1.807) is 12.1 Å². The van der Waals surface area contributed by atoms with Crippen molar-refractivity contribution in [3.05, 3.63) is 23.8 Å². The van der Waals surface area contributed by atoms with Crippen LogP contribution in [0.3, 0.4) is 0 Å². The van der Waals surface area contributed by atoms with Crippen LogP contribution in [0, 0.1) is 11.8 Å². The number of ether oxygens (including phenoxy) is 1. The SMILES string of the molecule is COc1ccc(C(=O)N(CC2CC2)CC2CC2)cc1O. The minimum atomic E-state index is 0.0242. The maximum Gasteiger partial charge on any atom is 0.254 e. The molecule has 0 bridgehead atoms. The summed E-state index contributed by atoms with van der Waals surface area (Å²) in [6.07, 6.45) is 4.95. The maximum atomic E-state index is 12.6. The average Bonchev–Trinajstić information content (AvgIpc) is 3.32. The number of rotatable bonds is 6. The Kier molecular flexibility index (Phi) is 3.55. The van der Waals surface area contributed by atoms with Crippen molar-refractivity contribution in [1.29, 1.82) is 0 Å². The summed E-state index contributed by atoms with van der Waals surface area (Å²) in [5.41, 5.74) is 0.546. The summed E-state index contributed by atoms with van der Waals surface area (Å²) in [5.74, 6) is 1.82. The van der Waals surface area contributed by atoms with Gasteiger partial charge in [-0.1, -0.05) is 0 Å². The van der Waals surface area contributed by atoms with Crippen molar-refractivity contribution in [2.75, 3.05) is 20.2 Å². The lowest BCUT2D eigenvalue weighted by molar-refractivity contribution is 0.0739. The summed E-state index contributed by atoms with van der Waals surface area (Å²) < 4.78 is 5.01. The maximum absolute atomic E-state index is 12.6. The van der Waals surface area contributed by atoms with Crippen LogP contribution in [-0.2, 0) is 0 Å². The van der Waals surface area contributed by atoms with Crippen molar-refractivity contribution in [3.63, 3.8) is 0 Å². The zero-order valence-electron chi connectivity index (χ0n) is 11.8. The molecule has 0 aromatic heterocycles. The smallest absolute Gasteiger partial charge is 0.254 e. The Morgan fingerprint density at radius 2 is 1.85 bits per heavy atom. The van der Waals surface area contributed by atoms with Gasteiger partial charge in [0.05, 0.1) is 7.11 Å². The van der Waals surface area contributed by atoms with E-state index in [-0.39, 0.29) is 11.7 Å². The third-order valence-electron chi connectivity index (χ3n) is 4.06. The highest BCUT2D eigenvalue weighted by Crippen LogP contribution is 2.35. The summed E-state index contributed by atoms with van der Waals surface area (Å²) in [6.45, 7) is 1.73. The van der Waals surface area contributed by atoms with Crippen LogP contribution in [0.15, 0.2) is 18.2 Å². The molecule has 0 radical (unpaired) electrons. The molecular formula is C16H21NO3. The van der Waals surface area contributed by atoms with E-state index in [2.05, 4.69) is 0 Å². The Balaban J connectivity index is 1.74. The van der Waals surface area contributed by atoms with Gasteiger partial charge in [0.15, 0.2) is 11.5 Å². The largest absolute Gasteiger partial charge is 0.504 e. The van der Waals surface area contributed by atoms with Gasteiger partial charge in [0.25, 0.3) is 5.91 Å². The molecule has 0 spiro atoms. The number of aromatic hydroxyl groups is 1. The van der Waals surface area contributed by atoms with Crippen molar-refractivity contribution < 1.29 is 14.6 Å². The van der Waals surface area contributed by atoms with Gasteiger partial charge in [-0.3, -0.25) is 4.79 Å². The van der Waals surface area contributed by atoms with Gasteiger partial charge in [0.2, 0.25) is 0 Å². The van der Waals surface area contributed by atoms with E-state index < -0.39 is 0 Å². The van der Waals surface area contributed by atoms with Gasteiger partial charge in [-0.25, -0.2) is 0 Å². The van der Waals surface area contributed by atoms with Crippen LogP contribution < -0.4 is 4.74 Å². The Morgan fingerprint density at radius 1 is 1.25 bits per heavy atom. The molecule has 2 aliphatic rings. The van der Waals surface area contributed by atoms with Crippen LogP contribution >= 0.6 is 0 Å². The predicted molar refractivity (Wildman–Crippen MR) is 76.0 cm³/mol. The zero-order chi connectivity index (χ0) is 14.1. The third-order valence-corrected chi connectivity index (χ3v) is 4.06. The highest BCUT2D eigenvalue weighted by molar-refractivity contribution is 5.95. The van der Waals surface area contributed by atoms with Gasteiger partial charge in [-0.2, -0.15) is 0 Å². The van der Waals surface area contributed by atoms with Gasteiger partial charge in [0, 0.05) is 18.7 Å². The topological polar surface area (TPSA) is 49.8 Å². The van der Waals surface area contributed by atoms with E-state index >= 15 is 0 Å². The first-order valence-electron chi connectivity index (χ1n) is 7.33. The number of methoxy groups -OCH3 is 1. The van der Waals surface area contributed by atoms with Gasteiger partial charge in [-0.05, 0) is 55.7 Å². The molecule has 2 aliphatic carbocycles. The van der Waals surface area contributed by atoms with Crippen LogP contribution in [0.4, 0.5) is 0 Å². The Labute approximate surface area is 119 Å². The van der Waals surface area contributed by atoms with Crippen molar-refractivity contribution >= 4 is 5.91 Å². The van der Waals surface area contributed by atoms with Crippen LogP contribution in [0.5, 0.6) is 11.5 Å². The summed E-state index contributed by atoms with van der Waals surface area (Å²) in [4.78, 5) is 14.6. The van der Waals surface area contributed by atoms with Crippen molar-refractivity contribution in [3.8, 4) is 11.5 Å². The number of hydrogen-bond donors (Lipinski definition) is 1. The Bertz CT molecular complexity index is 492. The Hall–Kier alpha value is -1.71. The number of carbonyl (C=O) groups is 1. The van der Waals surface area contributed by atoms with Gasteiger partial charge in [-0.15, -0.1) is 0 Å². The van der Waals surface area contributed by atoms with E-state index in [1.807, 2.05) is 4.90 Å². The number of carbonyl (C=O) groups excluding carboxylic acids is 1. The first-order chi connectivity index (χ1) is 9.67. The van der Waals surface area contributed by atoms with Crippen LogP contribution in [-0.4, -0.2) is 36.1 Å². The number of hydrogen-bond acceptors (Lipinski definition) is 3. The summed E-state index contributed by atoms with van der Waals surface area (Å²) in [7, 11) is 1.50. The fraction of sp³-hybridized carbons (Fsp3) is 0.562. The highest BCUT2D eigenvalue weighted by Gasteiger charge is 2.32. The molecule has 0 heterocycles. The molecule has 2 saturated carbocycles. The molecular weight excluding hydrogens is 254 g/mol. The van der Waals surface area contributed by atoms with Crippen LogP contribution in [0.25, 0.3) is 0 Å². The second-order valence-corrected chi connectivity index (χ2v) is 5.98. The normalized spacial score (nSPS) is 17.9. The molecule has 20 heavy (non-hydrogen) atoms. The number of nitrogens with zero attached hydrogens (tertiary/aromatic N) is 1. The van der Waals surface area contributed by atoms with Crippen molar-refractivity contribution in [2.45, 2.75) is 25.7 Å². The second kappa shape index (κ2) is 5.35. The van der Waals surface area contributed by atoms with Crippen molar-refractivity contribution in [2.24, 2.45) is 11.8 Å². The molecule has 0 aliphatic heterocycles. The van der Waals surface area contributed by atoms with E-state index in [9.17, 15) is 9.90 Å². The van der Waals surface area contributed by atoms with Crippen LogP contribution in [0.1, 0.15) is 36.0 Å². The number of amides is 1. The standard InChI is InChI=1S/C16H21NO3/c1-20-15-7-6-13(8-14(15)18)16(19)17(9-11-2-3-11)10-12-4-5-12/h6-8,11-12,18H,2-5,9-10H2,1H3. The third kappa shape index (κ3) is 3.06. The summed E-state index contributed by atoms with van der Waals surface area (Å²) in [6, 6.07) is 4.89. The predicted octanol–water partition coefficient (Wildman–Crippen LogP) is 2.66. The first kappa shape index (κ1) is 13.3. The Morgan fingerprint density at radius 3 is 2.30 bits per heavy atom. The van der Waals surface area contributed by atoms with E-state index in [0.29, 0.717) is 23.1 Å².